The second-order valence-corrected chi connectivity index (χ2v) is 6.34. The molecule has 2 aromatic rings. The van der Waals surface area contributed by atoms with Crippen LogP contribution in [-0.2, 0) is 13.1 Å². The molecular formula is C16H16N4O3. The molecule has 0 amide bonds. The van der Waals surface area contributed by atoms with Crippen LogP contribution < -0.4 is 11.1 Å². The van der Waals surface area contributed by atoms with Crippen LogP contribution in [0.3, 0.4) is 0 Å². The second kappa shape index (κ2) is 5.98. The van der Waals surface area contributed by atoms with Gasteiger partial charge in [0.05, 0.1) is 12.8 Å². The molecule has 7 nitrogen and oxygen atoms in total. The molecule has 0 aliphatic carbocycles. The lowest BCUT2D eigenvalue weighted by molar-refractivity contribution is 0.333. The summed E-state index contributed by atoms with van der Waals surface area (Å²) in [4.78, 5) is 24.8. The zero-order valence-corrected chi connectivity index (χ0v) is 13.2. The summed E-state index contributed by atoms with van der Waals surface area (Å²) in [6.07, 6.45) is 1.43. The fourth-order valence-corrected chi connectivity index (χ4v) is 2.25. The van der Waals surface area contributed by atoms with Crippen molar-refractivity contribution in [1.82, 2.24) is 9.13 Å². The summed E-state index contributed by atoms with van der Waals surface area (Å²) in [6.45, 7) is 5.72. The third kappa shape index (κ3) is 3.24. The first kappa shape index (κ1) is 16.3. The van der Waals surface area contributed by atoms with E-state index in [1.165, 1.54) is 6.26 Å². The van der Waals surface area contributed by atoms with Crippen LogP contribution in [0, 0.1) is 28.1 Å². The molecule has 0 N–H and O–H groups in total. The molecule has 0 fully saturated rings. The molecule has 0 bridgehead atoms. The van der Waals surface area contributed by atoms with Gasteiger partial charge < -0.3 is 4.42 Å². The number of rotatable bonds is 3. The van der Waals surface area contributed by atoms with Crippen LogP contribution in [0.4, 0.5) is 0 Å². The van der Waals surface area contributed by atoms with Crippen LogP contribution >= 0.6 is 0 Å². The Morgan fingerprint density at radius 2 is 1.65 bits per heavy atom. The topological polar surface area (TPSA) is 105 Å². The van der Waals surface area contributed by atoms with E-state index in [1.54, 1.807) is 12.1 Å². The van der Waals surface area contributed by atoms with Crippen LogP contribution in [-0.4, -0.2) is 9.13 Å². The molecule has 0 saturated heterocycles. The lowest BCUT2D eigenvalue weighted by Crippen LogP contribution is -2.45. The van der Waals surface area contributed by atoms with E-state index >= 15 is 0 Å². The zero-order valence-electron chi connectivity index (χ0n) is 13.2. The van der Waals surface area contributed by atoms with Crippen molar-refractivity contribution in [3.63, 3.8) is 0 Å². The predicted octanol–water partition coefficient (Wildman–Crippen LogP) is 1.44. The molecule has 0 aliphatic heterocycles. The highest BCUT2D eigenvalue weighted by atomic mass is 16.3. The Morgan fingerprint density at radius 3 is 2.13 bits per heavy atom. The van der Waals surface area contributed by atoms with Crippen LogP contribution in [0.5, 0.6) is 0 Å². The van der Waals surface area contributed by atoms with E-state index in [0.29, 0.717) is 5.76 Å². The highest BCUT2D eigenvalue weighted by Gasteiger charge is 2.23. The molecule has 7 heteroatoms. The summed E-state index contributed by atoms with van der Waals surface area (Å²) >= 11 is 0. The number of hydrogen-bond acceptors (Lipinski definition) is 5. The highest BCUT2D eigenvalue weighted by Crippen LogP contribution is 2.17. The van der Waals surface area contributed by atoms with Gasteiger partial charge in [-0.05, 0) is 17.5 Å². The van der Waals surface area contributed by atoms with E-state index in [4.69, 9.17) is 4.42 Å². The average molecular weight is 312 g/mol. The Hall–Kier alpha value is -3.06. The summed E-state index contributed by atoms with van der Waals surface area (Å²) in [5, 5.41) is 18.8. The monoisotopic (exact) mass is 312 g/mol. The largest absolute Gasteiger partial charge is 0.467 e. The van der Waals surface area contributed by atoms with Gasteiger partial charge in [0.2, 0.25) is 0 Å². The number of nitriles is 2. The molecule has 0 unspecified atom stereocenters. The molecule has 0 aliphatic rings. The molecule has 118 valence electrons. The van der Waals surface area contributed by atoms with Gasteiger partial charge >= 0.3 is 11.1 Å². The minimum atomic E-state index is -0.846. The normalized spacial score (nSPS) is 11.0. The summed E-state index contributed by atoms with van der Waals surface area (Å²) in [5.74, 6) is 0.417. The summed E-state index contributed by atoms with van der Waals surface area (Å²) in [7, 11) is 0. The maximum absolute atomic E-state index is 12.4. The van der Waals surface area contributed by atoms with Gasteiger partial charge in [0.15, 0.2) is 11.4 Å². The fourth-order valence-electron chi connectivity index (χ4n) is 2.25. The van der Waals surface area contributed by atoms with E-state index in [1.807, 2.05) is 32.9 Å². The standard InChI is InChI=1S/C16H16N4O3/c1-16(2,3)10-20-13(8-18)12(7-17)19(14(21)15(20)22)9-11-5-4-6-23-11/h4-6H,9-10H2,1-3H3. The lowest BCUT2D eigenvalue weighted by atomic mass is 9.96. The van der Waals surface area contributed by atoms with E-state index in [-0.39, 0.29) is 29.9 Å². The molecule has 0 atom stereocenters. The summed E-state index contributed by atoms with van der Waals surface area (Å²) < 4.78 is 7.22. The van der Waals surface area contributed by atoms with E-state index in [9.17, 15) is 20.1 Å². The van der Waals surface area contributed by atoms with E-state index in [0.717, 1.165) is 9.13 Å². The summed E-state index contributed by atoms with van der Waals surface area (Å²) in [5.41, 5.74) is -2.25. The third-order valence-corrected chi connectivity index (χ3v) is 3.18. The van der Waals surface area contributed by atoms with Crippen molar-refractivity contribution in [2.24, 2.45) is 5.41 Å². The van der Waals surface area contributed by atoms with Gasteiger partial charge in [0, 0.05) is 6.54 Å². The van der Waals surface area contributed by atoms with Crippen molar-refractivity contribution >= 4 is 0 Å². The second-order valence-electron chi connectivity index (χ2n) is 6.34. The van der Waals surface area contributed by atoms with Crippen molar-refractivity contribution in [3.05, 3.63) is 56.3 Å². The SMILES string of the molecule is CC(C)(C)Cn1c(C#N)c(C#N)n(Cc2ccco2)c(=O)c1=O. The maximum Gasteiger partial charge on any atom is 0.317 e. The van der Waals surface area contributed by atoms with Crippen molar-refractivity contribution in [1.29, 1.82) is 10.5 Å². The van der Waals surface area contributed by atoms with E-state index in [2.05, 4.69) is 0 Å². The van der Waals surface area contributed by atoms with Gasteiger partial charge in [-0.2, -0.15) is 10.5 Å². The first-order chi connectivity index (χ1) is 10.8. The number of furan rings is 1. The molecular weight excluding hydrogens is 296 g/mol. The number of nitrogens with zero attached hydrogens (tertiary/aromatic N) is 4. The Balaban J connectivity index is 2.75. The van der Waals surface area contributed by atoms with Gasteiger partial charge in [-0.25, -0.2) is 0 Å². The van der Waals surface area contributed by atoms with Crippen molar-refractivity contribution < 1.29 is 4.42 Å². The quantitative estimate of drug-likeness (QED) is 0.797. The van der Waals surface area contributed by atoms with Gasteiger partial charge in [0.1, 0.15) is 17.9 Å². The molecule has 0 radical (unpaired) electrons. The van der Waals surface area contributed by atoms with Gasteiger partial charge in [-0.15, -0.1) is 0 Å². The molecule has 0 saturated carbocycles. The van der Waals surface area contributed by atoms with Crippen molar-refractivity contribution in [2.75, 3.05) is 0 Å². The van der Waals surface area contributed by atoms with Crippen molar-refractivity contribution in [2.45, 2.75) is 33.9 Å². The first-order valence-corrected chi connectivity index (χ1v) is 6.98. The Morgan fingerprint density at radius 1 is 1.09 bits per heavy atom. The van der Waals surface area contributed by atoms with Crippen LogP contribution in [0.1, 0.15) is 37.9 Å². The zero-order chi connectivity index (χ0) is 17.2. The Kier molecular flexibility index (Phi) is 4.24. The van der Waals surface area contributed by atoms with Crippen molar-refractivity contribution in [3.8, 4) is 12.1 Å². The summed E-state index contributed by atoms with van der Waals surface area (Å²) in [6, 6.07) is 7.00. The third-order valence-electron chi connectivity index (χ3n) is 3.18. The van der Waals surface area contributed by atoms with E-state index < -0.39 is 11.1 Å². The Bertz CT molecular complexity index is 913. The van der Waals surface area contributed by atoms with Gasteiger partial charge in [-0.1, -0.05) is 20.8 Å². The number of aromatic nitrogens is 2. The van der Waals surface area contributed by atoms with Crippen LogP contribution in [0.2, 0.25) is 0 Å². The molecule has 0 aromatic carbocycles. The number of hydrogen-bond donors (Lipinski definition) is 0. The molecule has 0 spiro atoms. The fraction of sp³-hybridized carbons (Fsp3) is 0.375. The minimum Gasteiger partial charge on any atom is -0.467 e. The van der Waals surface area contributed by atoms with Crippen LogP contribution in [0.15, 0.2) is 32.4 Å². The van der Waals surface area contributed by atoms with Crippen LogP contribution in [0.25, 0.3) is 0 Å². The average Bonchev–Trinajstić information content (AvgIpc) is 2.98. The lowest BCUT2D eigenvalue weighted by Gasteiger charge is -2.21. The highest BCUT2D eigenvalue weighted by molar-refractivity contribution is 5.37. The smallest absolute Gasteiger partial charge is 0.317 e. The molecule has 2 rings (SSSR count). The molecule has 23 heavy (non-hydrogen) atoms. The minimum absolute atomic E-state index is 0.0744. The Labute approximate surface area is 132 Å². The van der Waals surface area contributed by atoms with Gasteiger partial charge in [-0.3, -0.25) is 18.7 Å². The maximum atomic E-state index is 12.4. The predicted molar refractivity (Wildman–Crippen MR) is 81.7 cm³/mol. The molecule has 2 heterocycles. The first-order valence-electron chi connectivity index (χ1n) is 6.98. The van der Waals surface area contributed by atoms with Gasteiger partial charge in [0.25, 0.3) is 0 Å². The molecule has 2 aromatic heterocycles.